The molecule has 36 heavy (non-hydrogen) atoms. The van der Waals surface area contributed by atoms with Gasteiger partial charge in [-0.25, -0.2) is 0 Å². The minimum Gasteiger partial charge on any atom is -0.512 e. The van der Waals surface area contributed by atoms with Gasteiger partial charge < -0.3 is 5.11 Å². The van der Waals surface area contributed by atoms with Gasteiger partial charge in [-0.3, -0.25) is 9.78 Å². The van der Waals surface area contributed by atoms with E-state index in [0.717, 1.165) is 22.3 Å². The molecule has 3 aromatic rings. The van der Waals surface area contributed by atoms with Gasteiger partial charge in [-0.2, -0.15) is 0 Å². The van der Waals surface area contributed by atoms with Crippen molar-refractivity contribution < 1.29 is 30.0 Å². The second kappa shape index (κ2) is 11.8. The zero-order chi connectivity index (χ0) is 26.9. The fraction of sp³-hybridized carbons (Fsp3) is 0.438. The third-order valence-electron chi connectivity index (χ3n) is 6.33. The van der Waals surface area contributed by atoms with Crippen LogP contribution >= 0.6 is 0 Å². The summed E-state index contributed by atoms with van der Waals surface area (Å²) in [7, 11) is 0. The van der Waals surface area contributed by atoms with Gasteiger partial charge in [-0.15, -0.1) is 34.9 Å². The Morgan fingerprint density at radius 1 is 0.833 bits per heavy atom. The van der Waals surface area contributed by atoms with Gasteiger partial charge in [0.15, 0.2) is 5.78 Å². The number of aliphatic hydroxyl groups is 1. The number of rotatable bonds is 2. The molecule has 0 saturated heterocycles. The van der Waals surface area contributed by atoms with E-state index in [-0.39, 0.29) is 37.1 Å². The topological polar surface area (TPSA) is 50.2 Å². The number of fused-ring (bicyclic) bond motifs is 1. The number of carbonyl (C=O) groups is 1. The van der Waals surface area contributed by atoms with Crippen LogP contribution in [0.1, 0.15) is 74.9 Å². The fourth-order valence-corrected chi connectivity index (χ4v) is 3.70. The van der Waals surface area contributed by atoms with Crippen LogP contribution in [-0.4, -0.2) is 15.9 Å². The maximum atomic E-state index is 11.5. The molecule has 0 aliphatic carbocycles. The summed E-state index contributed by atoms with van der Waals surface area (Å²) in [5.74, 6) is 0.104. The van der Waals surface area contributed by atoms with E-state index < -0.39 is 5.41 Å². The first kappa shape index (κ1) is 31.7. The predicted molar refractivity (Wildman–Crippen MR) is 149 cm³/mol. The molecule has 1 N–H and O–H groups in total. The molecule has 197 valence electrons. The summed E-state index contributed by atoms with van der Waals surface area (Å²) in [6.07, 6.45) is 1.33. The van der Waals surface area contributed by atoms with E-state index in [1.165, 1.54) is 39.3 Å². The Morgan fingerprint density at radius 2 is 1.42 bits per heavy atom. The molecule has 0 bridgehead atoms. The number of nitrogens with zero attached hydrogens (tertiary/aromatic N) is 1. The summed E-state index contributed by atoms with van der Waals surface area (Å²) in [4.78, 5) is 16.4. The summed E-state index contributed by atoms with van der Waals surface area (Å²) in [5, 5.41) is 10.8. The number of ketones is 1. The number of aliphatic hydroxyl groups excluding tert-OH is 1. The van der Waals surface area contributed by atoms with Gasteiger partial charge in [0.1, 0.15) is 5.76 Å². The van der Waals surface area contributed by atoms with Gasteiger partial charge >= 0.3 is 0 Å². The number of allylic oxidation sites excluding steroid dienone is 2. The molecule has 0 saturated carbocycles. The average Bonchev–Trinajstić information content (AvgIpc) is 2.71. The molecule has 4 heteroatoms. The van der Waals surface area contributed by atoms with E-state index in [0.29, 0.717) is 0 Å². The number of pyridine rings is 1. The smallest absolute Gasteiger partial charge is 0.164 e. The van der Waals surface area contributed by atoms with Crippen molar-refractivity contribution >= 4 is 16.7 Å². The maximum Gasteiger partial charge on any atom is 0.164 e. The van der Waals surface area contributed by atoms with Crippen LogP contribution in [0.2, 0.25) is 0 Å². The van der Waals surface area contributed by atoms with Crippen LogP contribution in [0, 0.1) is 58.4 Å². The molecule has 0 aliphatic rings. The molecule has 3 nitrogen and oxygen atoms in total. The molecule has 0 unspecified atom stereocenters. The largest absolute Gasteiger partial charge is 0.512 e. The maximum absolute atomic E-state index is 11.5. The van der Waals surface area contributed by atoms with Crippen LogP contribution in [0.25, 0.3) is 22.2 Å². The molecule has 1 radical (unpaired) electrons. The molecule has 3 rings (SSSR count). The third kappa shape index (κ3) is 7.85. The fourth-order valence-electron chi connectivity index (χ4n) is 3.70. The molecule has 0 spiro atoms. The summed E-state index contributed by atoms with van der Waals surface area (Å²) >= 11 is 0. The molecule has 0 amide bonds. The number of aryl methyl sites for hydroxylation is 5. The van der Waals surface area contributed by atoms with Crippen molar-refractivity contribution in [3.05, 3.63) is 75.5 Å². The summed E-state index contributed by atoms with van der Waals surface area (Å²) in [6.45, 7) is 24.0. The van der Waals surface area contributed by atoms with Crippen molar-refractivity contribution in [1.29, 1.82) is 0 Å². The summed E-state index contributed by atoms with van der Waals surface area (Å²) < 4.78 is 0. The Kier molecular flexibility index (Phi) is 10.4. The Bertz CT molecular complexity index is 1270. The van der Waals surface area contributed by atoms with Crippen molar-refractivity contribution in [3.8, 4) is 11.3 Å². The van der Waals surface area contributed by atoms with E-state index in [9.17, 15) is 9.90 Å². The number of aromatic nitrogens is 1. The Balaban J connectivity index is 0.000000402. The molecule has 0 atom stereocenters. The van der Waals surface area contributed by atoms with E-state index in [2.05, 4.69) is 71.9 Å². The monoisotopic (exact) mass is 665 g/mol. The van der Waals surface area contributed by atoms with E-state index in [4.69, 9.17) is 4.98 Å². The zero-order valence-electron chi connectivity index (χ0n) is 24.0. The quantitative estimate of drug-likeness (QED) is 0.170. The molecule has 2 aromatic carbocycles. The van der Waals surface area contributed by atoms with Crippen LogP contribution in [0.3, 0.4) is 0 Å². The van der Waals surface area contributed by atoms with Gasteiger partial charge in [-0.1, -0.05) is 67.0 Å². The molecule has 0 aliphatic heterocycles. The number of hydrogen-bond acceptors (Lipinski definition) is 3. The number of hydrogen-bond donors (Lipinski definition) is 1. The van der Waals surface area contributed by atoms with Crippen molar-refractivity contribution in [2.45, 2.75) is 83.1 Å². The number of carbonyl (C=O) groups excluding carboxylic acids is 1. The Labute approximate surface area is 231 Å². The van der Waals surface area contributed by atoms with Crippen LogP contribution in [0.5, 0.6) is 0 Å². The number of benzene rings is 2. The average molecular weight is 665 g/mol. The van der Waals surface area contributed by atoms with E-state index in [1.807, 2.05) is 41.5 Å². The second-order valence-electron chi connectivity index (χ2n) is 11.8. The first-order valence-corrected chi connectivity index (χ1v) is 12.3. The molecular formula is C32H42IrNO2-. The normalized spacial score (nSPS) is 12.1. The van der Waals surface area contributed by atoms with Gasteiger partial charge in [0.2, 0.25) is 0 Å². The predicted octanol–water partition coefficient (Wildman–Crippen LogP) is 8.64. The van der Waals surface area contributed by atoms with Gasteiger partial charge in [-0.05, 0) is 56.1 Å². The molecule has 1 heterocycles. The molecular weight excluding hydrogens is 623 g/mol. The first-order chi connectivity index (χ1) is 15.9. The molecule has 1 aromatic heterocycles. The van der Waals surface area contributed by atoms with Crippen molar-refractivity contribution in [1.82, 2.24) is 4.98 Å². The van der Waals surface area contributed by atoms with Crippen molar-refractivity contribution in [3.63, 3.8) is 0 Å². The standard InChI is InChI=1S/C21H22N.C11H20O2.Ir/c1-12-7-13(2)9-18(8-12)21-15(4)10-19-17(6)16(5)14(3)11-20(19)22-21;1-10(2,3)8(12)7-9(13)11(4,5)6;/h7-8,10-11H,1-6H3;7,12H,1-6H3;/q-1;;/b;8-7-;. The van der Waals surface area contributed by atoms with Crippen LogP contribution in [-0.2, 0) is 24.9 Å². The van der Waals surface area contributed by atoms with Crippen LogP contribution in [0.4, 0.5) is 0 Å². The minimum absolute atomic E-state index is 0. The van der Waals surface area contributed by atoms with Crippen molar-refractivity contribution in [2.75, 3.05) is 0 Å². The third-order valence-corrected chi connectivity index (χ3v) is 6.33. The Morgan fingerprint density at radius 3 is 1.92 bits per heavy atom. The van der Waals surface area contributed by atoms with Crippen molar-refractivity contribution in [2.24, 2.45) is 10.8 Å². The van der Waals surface area contributed by atoms with Crippen LogP contribution in [0.15, 0.2) is 36.1 Å². The second-order valence-corrected chi connectivity index (χ2v) is 11.8. The minimum atomic E-state index is -0.417. The Hall–Kier alpha value is -2.29. The van der Waals surface area contributed by atoms with Gasteiger partial charge in [0.25, 0.3) is 0 Å². The van der Waals surface area contributed by atoms with Gasteiger partial charge in [0, 0.05) is 42.4 Å². The van der Waals surface area contributed by atoms with Crippen LogP contribution < -0.4 is 0 Å². The van der Waals surface area contributed by atoms with E-state index in [1.54, 1.807) is 0 Å². The van der Waals surface area contributed by atoms with Gasteiger partial charge in [0.05, 0.1) is 5.52 Å². The summed E-state index contributed by atoms with van der Waals surface area (Å²) in [6, 6.07) is 12.2. The zero-order valence-corrected chi connectivity index (χ0v) is 26.4. The first-order valence-electron chi connectivity index (χ1n) is 12.3. The van der Waals surface area contributed by atoms with E-state index >= 15 is 0 Å². The SMILES string of the molecule is CC(C)(C)C(=O)/C=C(\O)C(C)(C)C.Cc1[c-]c(-c2nc3cc(C)c(C)c(C)c3cc2C)cc(C)c1.[Ir]. The summed E-state index contributed by atoms with van der Waals surface area (Å²) in [5.41, 5.74) is 10.1. The molecule has 0 fully saturated rings.